The van der Waals surface area contributed by atoms with E-state index in [9.17, 15) is 9.59 Å². The molecular weight excluding hydrogens is 328 g/mol. The first-order chi connectivity index (χ1) is 12.3. The van der Waals surface area contributed by atoms with Gasteiger partial charge in [0.25, 0.3) is 0 Å². The van der Waals surface area contributed by atoms with E-state index in [0.29, 0.717) is 12.1 Å². The normalized spacial score (nSPS) is 14.0. The van der Waals surface area contributed by atoms with Crippen molar-refractivity contribution < 1.29 is 14.3 Å². The Morgan fingerprint density at radius 1 is 1.12 bits per heavy atom. The number of hydrogen-bond acceptors (Lipinski definition) is 4. The monoisotopic (exact) mass is 350 g/mol. The highest BCUT2D eigenvalue weighted by atomic mass is 16.6. The summed E-state index contributed by atoms with van der Waals surface area (Å²) in [5.74, 6) is -0.333. The second kappa shape index (κ2) is 7.12. The molecule has 0 aromatic heterocycles. The highest BCUT2D eigenvalue weighted by molar-refractivity contribution is 5.97. The Morgan fingerprint density at radius 3 is 2.42 bits per heavy atom. The van der Waals surface area contributed by atoms with Gasteiger partial charge in [0.1, 0.15) is 12.1 Å². The van der Waals surface area contributed by atoms with Crippen LogP contribution in [0.2, 0.25) is 0 Å². The summed E-state index contributed by atoms with van der Waals surface area (Å²) in [7, 11) is 0. The molecule has 26 heavy (non-hydrogen) atoms. The van der Waals surface area contributed by atoms with E-state index < -0.39 is 5.60 Å². The van der Waals surface area contributed by atoms with Gasteiger partial charge < -0.3 is 4.74 Å². The molecule has 2 aromatic carbocycles. The van der Waals surface area contributed by atoms with Crippen molar-refractivity contribution in [3.63, 3.8) is 0 Å². The second-order valence-corrected chi connectivity index (χ2v) is 7.22. The van der Waals surface area contributed by atoms with E-state index >= 15 is 0 Å². The zero-order valence-corrected chi connectivity index (χ0v) is 15.2. The molecule has 0 fully saturated rings. The minimum absolute atomic E-state index is 0.00403. The van der Waals surface area contributed by atoms with Crippen molar-refractivity contribution in [1.82, 2.24) is 4.90 Å². The maximum absolute atomic E-state index is 12.5. The van der Waals surface area contributed by atoms with E-state index in [2.05, 4.69) is 4.99 Å². The van der Waals surface area contributed by atoms with Crippen LogP contribution in [0.15, 0.2) is 53.5 Å². The third-order valence-corrected chi connectivity index (χ3v) is 3.93. The van der Waals surface area contributed by atoms with Gasteiger partial charge in [0.05, 0.1) is 18.4 Å². The Morgan fingerprint density at radius 2 is 1.81 bits per heavy atom. The molecule has 0 unspecified atom stereocenters. The number of aliphatic imine (C=N–C) groups is 1. The minimum Gasteiger partial charge on any atom is -0.456 e. The van der Waals surface area contributed by atoms with Gasteiger partial charge in [0, 0.05) is 0 Å². The molecule has 0 atom stereocenters. The van der Waals surface area contributed by atoms with Crippen LogP contribution in [-0.4, -0.2) is 35.3 Å². The number of amides is 1. The van der Waals surface area contributed by atoms with Gasteiger partial charge in [-0.15, -0.1) is 0 Å². The standard InChI is InChI=1S/C21H22N2O3/c1-21(2,3)26-20(25)18-7-5-4-6-17(18)16-10-8-15(9-11-16)13-23-14-22-12-19(23)24/h4-11,14H,12-13H2,1-3H3. The zero-order chi connectivity index (χ0) is 18.7. The molecule has 0 radical (unpaired) electrons. The summed E-state index contributed by atoms with van der Waals surface area (Å²) in [6, 6.07) is 15.2. The van der Waals surface area contributed by atoms with Gasteiger partial charge >= 0.3 is 5.97 Å². The zero-order valence-electron chi connectivity index (χ0n) is 15.2. The van der Waals surface area contributed by atoms with Crippen molar-refractivity contribution in [1.29, 1.82) is 0 Å². The third kappa shape index (κ3) is 4.17. The van der Waals surface area contributed by atoms with E-state index in [4.69, 9.17) is 4.74 Å². The molecule has 3 rings (SSSR count). The molecule has 0 bridgehead atoms. The van der Waals surface area contributed by atoms with Crippen LogP contribution >= 0.6 is 0 Å². The number of hydrogen-bond donors (Lipinski definition) is 0. The average Bonchev–Trinajstić information content (AvgIpc) is 2.99. The Kier molecular flexibility index (Phi) is 4.89. The molecule has 5 heteroatoms. The molecule has 1 heterocycles. The predicted octanol–water partition coefficient (Wildman–Crippen LogP) is 3.68. The Labute approximate surface area is 153 Å². The maximum Gasteiger partial charge on any atom is 0.339 e. The highest BCUT2D eigenvalue weighted by Gasteiger charge is 2.21. The van der Waals surface area contributed by atoms with Gasteiger partial charge in [-0.1, -0.05) is 42.5 Å². The molecule has 1 aliphatic heterocycles. The van der Waals surface area contributed by atoms with E-state index in [-0.39, 0.29) is 18.4 Å². The fraction of sp³-hybridized carbons (Fsp3) is 0.286. The van der Waals surface area contributed by atoms with Crippen molar-refractivity contribution in [3.8, 4) is 11.1 Å². The molecular formula is C21H22N2O3. The number of nitrogens with zero attached hydrogens (tertiary/aromatic N) is 2. The first-order valence-electron chi connectivity index (χ1n) is 8.54. The quantitative estimate of drug-likeness (QED) is 0.791. The molecule has 5 nitrogen and oxygen atoms in total. The summed E-state index contributed by atoms with van der Waals surface area (Å²) in [5, 5.41) is 0. The van der Waals surface area contributed by atoms with Crippen LogP contribution in [-0.2, 0) is 16.1 Å². The number of benzene rings is 2. The van der Waals surface area contributed by atoms with Gasteiger partial charge in [0.2, 0.25) is 5.91 Å². The molecule has 134 valence electrons. The van der Waals surface area contributed by atoms with Crippen LogP contribution < -0.4 is 0 Å². The first kappa shape index (κ1) is 17.9. The Bertz CT molecular complexity index is 848. The number of rotatable bonds is 4. The topological polar surface area (TPSA) is 59.0 Å². The van der Waals surface area contributed by atoms with Crippen LogP contribution in [0, 0.1) is 0 Å². The second-order valence-electron chi connectivity index (χ2n) is 7.22. The maximum atomic E-state index is 12.5. The van der Waals surface area contributed by atoms with E-state index in [0.717, 1.165) is 16.7 Å². The van der Waals surface area contributed by atoms with Crippen molar-refractivity contribution in [2.75, 3.05) is 6.54 Å². The first-order valence-corrected chi connectivity index (χ1v) is 8.54. The van der Waals surface area contributed by atoms with Gasteiger partial charge in [-0.25, -0.2) is 4.79 Å². The van der Waals surface area contributed by atoms with Gasteiger partial charge in [0.15, 0.2) is 0 Å². The lowest BCUT2D eigenvalue weighted by Crippen LogP contribution is -2.25. The van der Waals surface area contributed by atoms with Crippen LogP contribution in [0.3, 0.4) is 0 Å². The van der Waals surface area contributed by atoms with Crippen LogP contribution in [0.5, 0.6) is 0 Å². The van der Waals surface area contributed by atoms with Crippen molar-refractivity contribution in [2.24, 2.45) is 4.99 Å². The molecule has 0 saturated heterocycles. The predicted molar refractivity (Wildman–Crippen MR) is 101 cm³/mol. The largest absolute Gasteiger partial charge is 0.456 e. The Hall–Kier alpha value is -2.95. The fourth-order valence-electron chi connectivity index (χ4n) is 2.73. The van der Waals surface area contributed by atoms with Gasteiger partial charge in [-0.2, -0.15) is 0 Å². The summed E-state index contributed by atoms with van der Waals surface area (Å²) in [4.78, 5) is 29.7. The smallest absolute Gasteiger partial charge is 0.339 e. The lowest BCUT2D eigenvalue weighted by molar-refractivity contribution is -0.125. The summed E-state index contributed by atoms with van der Waals surface area (Å²) in [6.45, 7) is 6.28. The lowest BCUT2D eigenvalue weighted by Gasteiger charge is -2.20. The third-order valence-electron chi connectivity index (χ3n) is 3.93. The van der Waals surface area contributed by atoms with Crippen molar-refractivity contribution in [2.45, 2.75) is 32.9 Å². The van der Waals surface area contributed by atoms with Crippen LogP contribution in [0.25, 0.3) is 11.1 Å². The van der Waals surface area contributed by atoms with Crippen molar-refractivity contribution in [3.05, 3.63) is 59.7 Å². The Balaban J connectivity index is 1.82. The van der Waals surface area contributed by atoms with Crippen molar-refractivity contribution >= 4 is 18.2 Å². The summed E-state index contributed by atoms with van der Waals surface area (Å²) >= 11 is 0. The van der Waals surface area contributed by atoms with Gasteiger partial charge in [-0.3, -0.25) is 14.7 Å². The molecule has 1 aliphatic rings. The average molecular weight is 350 g/mol. The van der Waals surface area contributed by atoms with E-state index in [1.165, 1.54) is 0 Å². The van der Waals surface area contributed by atoms with Crippen LogP contribution in [0.4, 0.5) is 0 Å². The molecule has 0 aliphatic carbocycles. The highest BCUT2D eigenvalue weighted by Crippen LogP contribution is 2.26. The minimum atomic E-state index is -0.544. The summed E-state index contributed by atoms with van der Waals surface area (Å²) in [5.41, 5.74) is 2.75. The molecule has 2 aromatic rings. The van der Waals surface area contributed by atoms with E-state index in [1.54, 1.807) is 17.3 Å². The summed E-state index contributed by atoms with van der Waals surface area (Å²) in [6.07, 6.45) is 1.58. The molecule has 0 saturated carbocycles. The SMILES string of the molecule is CC(C)(C)OC(=O)c1ccccc1-c1ccc(CN2C=NCC2=O)cc1. The van der Waals surface area contributed by atoms with Crippen LogP contribution in [0.1, 0.15) is 36.7 Å². The fourth-order valence-corrected chi connectivity index (χ4v) is 2.73. The number of carbonyl (C=O) groups excluding carboxylic acids is 2. The number of esters is 1. The van der Waals surface area contributed by atoms with E-state index in [1.807, 2.05) is 63.2 Å². The molecule has 0 N–H and O–H groups in total. The summed E-state index contributed by atoms with van der Waals surface area (Å²) < 4.78 is 5.51. The number of ether oxygens (including phenoxy) is 1. The number of carbonyl (C=O) groups is 2. The van der Waals surface area contributed by atoms with Gasteiger partial charge in [-0.05, 0) is 43.5 Å². The molecule has 0 spiro atoms. The molecule has 1 amide bonds. The lowest BCUT2D eigenvalue weighted by atomic mass is 9.98.